The minimum absolute atomic E-state index is 0.0536. The van der Waals surface area contributed by atoms with Gasteiger partial charge in [0.25, 0.3) is 11.8 Å². The van der Waals surface area contributed by atoms with Crippen molar-refractivity contribution in [1.82, 2.24) is 16.1 Å². The van der Waals surface area contributed by atoms with Crippen LogP contribution in [-0.2, 0) is 41.8 Å². The topological polar surface area (TPSA) is 156 Å². The van der Waals surface area contributed by atoms with Gasteiger partial charge in [0.2, 0.25) is 5.91 Å². The normalized spacial score (nSPS) is 16.9. The van der Waals surface area contributed by atoms with Crippen LogP contribution in [0.1, 0.15) is 51.2 Å². The number of carboxylic acid groups (broad SMARTS) is 1. The van der Waals surface area contributed by atoms with Gasteiger partial charge in [-0.2, -0.15) is 0 Å². The van der Waals surface area contributed by atoms with E-state index in [0.717, 1.165) is 5.56 Å². The number of rotatable bonds is 15. The maximum Gasteiger partial charge on any atom is 0.326 e. The number of hydrogen-bond donors (Lipinski definition) is 4. The van der Waals surface area contributed by atoms with Gasteiger partial charge < -0.3 is 25.2 Å². The first-order chi connectivity index (χ1) is 19.0. The highest BCUT2D eigenvalue weighted by Gasteiger charge is 2.50. The van der Waals surface area contributed by atoms with Crippen molar-refractivity contribution < 1.29 is 38.6 Å². The van der Waals surface area contributed by atoms with Crippen molar-refractivity contribution in [1.29, 1.82) is 0 Å². The van der Waals surface area contributed by atoms with E-state index in [9.17, 15) is 24.3 Å². The van der Waals surface area contributed by atoms with E-state index in [-0.39, 0.29) is 18.7 Å². The lowest BCUT2D eigenvalue weighted by Crippen LogP contribution is -2.45. The van der Waals surface area contributed by atoms with Crippen LogP contribution in [0, 0.1) is 0 Å². The number of hydroxylamine groups is 1. The highest BCUT2D eigenvalue weighted by Crippen LogP contribution is 2.23. The Hall–Kier alpha value is -3.96. The lowest BCUT2D eigenvalue weighted by Gasteiger charge is -2.18. The highest BCUT2D eigenvalue weighted by molar-refractivity contribution is 5.96. The molecule has 216 valence electrons. The lowest BCUT2D eigenvalue weighted by atomic mass is 10.1. The molecule has 40 heavy (non-hydrogen) atoms. The zero-order valence-electron chi connectivity index (χ0n) is 23.0. The Balaban J connectivity index is 1.35. The molecule has 0 bridgehead atoms. The highest BCUT2D eigenvalue weighted by atomic mass is 16.7. The van der Waals surface area contributed by atoms with E-state index in [2.05, 4.69) is 16.1 Å². The number of ether oxygens (including phenoxy) is 2. The molecule has 1 aliphatic heterocycles. The fourth-order valence-corrected chi connectivity index (χ4v) is 3.65. The van der Waals surface area contributed by atoms with Gasteiger partial charge >= 0.3 is 5.97 Å². The third-order valence-electron chi connectivity index (χ3n) is 5.84. The Bertz CT molecular complexity index is 1150. The van der Waals surface area contributed by atoms with Gasteiger partial charge in [0.1, 0.15) is 18.4 Å². The summed E-state index contributed by atoms with van der Waals surface area (Å²) in [5.74, 6) is -1.92. The molecular weight excluding hydrogens is 518 g/mol. The summed E-state index contributed by atoms with van der Waals surface area (Å²) in [7, 11) is 0. The van der Waals surface area contributed by atoms with Crippen LogP contribution in [0.4, 0.5) is 0 Å². The Morgan fingerprint density at radius 1 is 0.925 bits per heavy atom. The zero-order chi connectivity index (χ0) is 29.1. The maximum atomic E-state index is 12.5. The van der Waals surface area contributed by atoms with Crippen LogP contribution in [0.3, 0.4) is 0 Å². The molecule has 3 rings (SSSR count). The summed E-state index contributed by atoms with van der Waals surface area (Å²) >= 11 is 0. The molecule has 4 N–H and O–H groups in total. The molecule has 0 aliphatic carbocycles. The van der Waals surface area contributed by atoms with E-state index in [1.165, 1.54) is 0 Å². The van der Waals surface area contributed by atoms with Crippen molar-refractivity contribution in [2.24, 2.45) is 0 Å². The van der Waals surface area contributed by atoms with E-state index in [0.29, 0.717) is 37.3 Å². The number of unbranched alkanes of at least 4 members (excludes halogenated alkanes) is 1. The summed E-state index contributed by atoms with van der Waals surface area (Å²) in [6.45, 7) is 6.18. The fraction of sp³-hybridized carbons (Fsp3) is 0.448. The molecule has 0 aromatic heterocycles. The van der Waals surface area contributed by atoms with Crippen molar-refractivity contribution >= 4 is 23.7 Å². The smallest absolute Gasteiger partial charge is 0.326 e. The van der Waals surface area contributed by atoms with Gasteiger partial charge in [0.05, 0.1) is 5.60 Å². The maximum absolute atomic E-state index is 12.5. The summed E-state index contributed by atoms with van der Waals surface area (Å²) in [6, 6.07) is 15.5. The fourth-order valence-electron chi connectivity index (χ4n) is 3.65. The molecule has 1 saturated heterocycles. The molecule has 1 fully saturated rings. The van der Waals surface area contributed by atoms with Crippen LogP contribution in [0.25, 0.3) is 0 Å². The zero-order valence-corrected chi connectivity index (χ0v) is 23.0. The average molecular weight is 556 g/mol. The van der Waals surface area contributed by atoms with Gasteiger partial charge in [-0.05, 0) is 56.9 Å². The third-order valence-corrected chi connectivity index (χ3v) is 5.84. The predicted octanol–water partition coefficient (Wildman–Crippen LogP) is 2.28. The van der Waals surface area contributed by atoms with E-state index in [1.54, 1.807) is 24.3 Å². The molecule has 1 aliphatic rings. The number of amides is 3. The Labute approximate surface area is 233 Å². The number of aliphatic carboxylic acids is 1. The monoisotopic (exact) mass is 555 g/mol. The Morgan fingerprint density at radius 3 is 2.25 bits per heavy atom. The number of benzene rings is 2. The van der Waals surface area contributed by atoms with Gasteiger partial charge in [-0.25, -0.2) is 10.3 Å². The van der Waals surface area contributed by atoms with E-state index in [1.807, 2.05) is 51.1 Å². The van der Waals surface area contributed by atoms with E-state index < -0.39 is 41.6 Å². The van der Waals surface area contributed by atoms with E-state index >= 15 is 0 Å². The first kappa shape index (κ1) is 30.6. The molecule has 11 heteroatoms. The molecule has 3 atom stereocenters. The minimum Gasteiger partial charge on any atom is -0.489 e. The first-order valence-corrected chi connectivity index (χ1v) is 13.2. The third kappa shape index (κ3) is 10.7. The van der Waals surface area contributed by atoms with Crippen LogP contribution in [0.15, 0.2) is 54.6 Å². The van der Waals surface area contributed by atoms with Crippen molar-refractivity contribution in [3.63, 3.8) is 0 Å². The second-order valence-corrected chi connectivity index (χ2v) is 10.5. The predicted molar refractivity (Wildman–Crippen MR) is 145 cm³/mol. The molecule has 1 heterocycles. The van der Waals surface area contributed by atoms with Gasteiger partial charge in [0, 0.05) is 19.4 Å². The quantitative estimate of drug-likeness (QED) is 0.148. The summed E-state index contributed by atoms with van der Waals surface area (Å²) in [6.07, 6.45) is -0.630. The molecule has 0 saturated carbocycles. The Morgan fingerprint density at radius 2 is 1.60 bits per heavy atom. The number of carbonyl (C=O) groups is 4. The molecule has 11 nitrogen and oxygen atoms in total. The Kier molecular flexibility index (Phi) is 11.0. The molecule has 3 amide bonds. The van der Waals surface area contributed by atoms with Crippen molar-refractivity contribution in [3.8, 4) is 5.75 Å². The summed E-state index contributed by atoms with van der Waals surface area (Å²) in [5.41, 5.74) is 3.63. The van der Waals surface area contributed by atoms with E-state index in [4.69, 9.17) is 14.3 Å². The van der Waals surface area contributed by atoms with Crippen LogP contribution >= 0.6 is 0 Å². The number of hydrogen-bond acceptors (Lipinski definition) is 7. The standard InChI is InChI=1S/C29H37N3O8/c1-29(2,3)40-32-23(33)11-7-8-16-30-26(34)24-25(39-24)27(35)31-22(28(36)37)17-19-12-14-21(15-13-19)38-18-20-9-5-4-6-10-20/h4-6,9-10,12-15,22,24-25H,7-8,11,16-18H2,1-3H3,(H,30,34)(H,31,35)(H,32,33)(H,36,37)/t22-,24-,25-/m0/s1. The molecule has 2 aromatic carbocycles. The second-order valence-electron chi connectivity index (χ2n) is 10.5. The molecule has 0 radical (unpaired) electrons. The molecule has 0 unspecified atom stereocenters. The van der Waals surface area contributed by atoms with Crippen molar-refractivity contribution in [2.45, 2.75) is 76.9 Å². The van der Waals surface area contributed by atoms with Gasteiger partial charge in [0.15, 0.2) is 12.2 Å². The van der Waals surface area contributed by atoms with Crippen molar-refractivity contribution in [3.05, 3.63) is 65.7 Å². The molecular formula is C29H37N3O8. The SMILES string of the molecule is CC(C)(C)ONC(=O)CCCCNC(=O)[C@H]1O[C@@H]1C(=O)N[C@@H](Cc1ccc(OCc2ccccc2)cc1)C(=O)O. The second kappa shape index (κ2) is 14.4. The molecule has 2 aromatic rings. The molecule has 0 spiro atoms. The number of carboxylic acids is 1. The van der Waals surface area contributed by atoms with Crippen LogP contribution in [0.5, 0.6) is 5.75 Å². The van der Waals surface area contributed by atoms with Gasteiger partial charge in [-0.3, -0.25) is 19.2 Å². The first-order valence-electron chi connectivity index (χ1n) is 13.2. The minimum atomic E-state index is -1.20. The van der Waals surface area contributed by atoms with Crippen molar-refractivity contribution in [2.75, 3.05) is 6.54 Å². The number of carbonyl (C=O) groups excluding carboxylic acids is 3. The summed E-state index contributed by atoms with van der Waals surface area (Å²) in [5, 5.41) is 14.7. The largest absolute Gasteiger partial charge is 0.489 e. The van der Waals surface area contributed by atoms with Gasteiger partial charge in [-0.15, -0.1) is 0 Å². The summed E-state index contributed by atoms with van der Waals surface area (Å²) < 4.78 is 10.9. The lowest BCUT2D eigenvalue weighted by molar-refractivity contribution is -0.145. The number of epoxide rings is 1. The van der Waals surface area contributed by atoms with Crippen LogP contribution in [-0.4, -0.2) is 59.2 Å². The average Bonchev–Trinajstić information content (AvgIpc) is 3.72. The number of nitrogens with one attached hydrogen (secondary N) is 3. The van der Waals surface area contributed by atoms with Crippen LogP contribution in [0.2, 0.25) is 0 Å². The van der Waals surface area contributed by atoms with Gasteiger partial charge in [-0.1, -0.05) is 42.5 Å². The van der Waals surface area contributed by atoms with Crippen LogP contribution < -0.4 is 20.9 Å². The summed E-state index contributed by atoms with van der Waals surface area (Å²) in [4.78, 5) is 53.5.